The molecule has 0 atom stereocenters. The van der Waals surface area contributed by atoms with E-state index in [-0.39, 0.29) is 0 Å². The first-order valence-electron chi connectivity index (χ1n) is 11.4. The van der Waals surface area contributed by atoms with Crippen molar-refractivity contribution in [1.29, 1.82) is 0 Å². The lowest BCUT2D eigenvalue weighted by Gasteiger charge is -2.26. The number of pyridine rings is 1. The molecule has 176 valence electrons. The first-order valence-corrected chi connectivity index (χ1v) is 12.8. The van der Waals surface area contributed by atoms with E-state index < -0.39 is 10.0 Å². The van der Waals surface area contributed by atoms with Gasteiger partial charge in [-0.15, -0.1) is 0 Å². The first kappa shape index (κ1) is 22.4. The molecule has 0 aliphatic carbocycles. The fourth-order valence-electron chi connectivity index (χ4n) is 4.31. The summed E-state index contributed by atoms with van der Waals surface area (Å²) in [6.07, 6.45) is 4.58. The summed E-state index contributed by atoms with van der Waals surface area (Å²) in [6, 6.07) is 16.6. The molecule has 0 unspecified atom stereocenters. The van der Waals surface area contributed by atoms with E-state index in [4.69, 9.17) is 9.72 Å². The number of rotatable bonds is 6. The van der Waals surface area contributed by atoms with Crippen LogP contribution in [0.3, 0.4) is 0 Å². The van der Waals surface area contributed by atoms with Crippen LogP contribution in [0.15, 0.2) is 64.5 Å². The third-order valence-corrected chi connectivity index (χ3v) is 8.05. The Bertz CT molecular complexity index is 1320. The summed E-state index contributed by atoms with van der Waals surface area (Å²) in [5.41, 5.74) is 4.23. The maximum absolute atomic E-state index is 13.0. The molecule has 2 aliphatic heterocycles. The second-order valence-electron chi connectivity index (χ2n) is 8.31. The minimum absolute atomic E-state index is 0.309. The van der Waals surface area contributed by atoms with Crippen molar-refractivity contribution in [3.63, 3.8) is 0 Å². The van der Waals surface area contributed by atoms with Gasteiger partial charge in [-0.3, -0.25) is 4.99 Å². The number of aliphatic imine (C=N–C) groups is 1. The molecule has 8 nitrogen and oxygen atoms in total. The number of para-hydroxylation sites is 1. The second kappa shape index (κ2) is 9.44. The van der Waals surface area contributed by atoms with Gasteiger partial charge in [0, 0.05) is 29.9 Å². The molecule has 34 heavy (non-hydrogen) atoms. The summed E-state index contributed by atoms with van der Waals surface area (Å²) in [4.78, 5) is 9.51. The number of fused-ring (bicyclic) bond motifs is 1. The van der Waals surface area contributed by atoms with Crippen LogP contribution in [0.25, 0.3) is 11.3 Å². The van der Waals surface area contributed by atoms with Gasteiger partial charge in [-0.05, 0) is 55.3 Å². The van der Waals surface area contributed by atoms with Gasteiger partial charge in [0.15, 0.2) is 0 Å². The molecule has 0 amide bonds. The zero-order valence-electron chi connectivity index (χ0n) is 19.0. The van der Waals surface area contributed by atoms with Crippen molar-refractivity contribution in [2.45, 2.75) is 30.7 Å². The molecule has 1 aromatic heterocycles. The van der Waals surface area contributed by atoms with Gasteiger partial charge in [-0.2, -0.15) is 4.31 Å². The molecule has 0 bridgehead atoms. The summed E-state index contributed by atoms with van der Waals surface area (Å²) >= 11 is 0. The maximum atomic E-state index is 13.0. The summed E-state index contributed by atoms with van der Waals surface area (Å²) < 4.78 is 33.0. The van der Waals surface area contributed by atoms with Gasteiger partial charge in [0.1, 0.15) is 11.6 Å². The van der Waals surface area contributed by atoms with Crippen LogP contribution in [0.5, 0.6) is 5.75 Å². The SMILES string of the molecule is COc1ccccc1-c1cc2c(c(Nc3ccc(S(=O)(=O)N4CCCCC4)cc3)n1)CN=CN2. The lowest BCUT2D eigenvalue weighted by molar-refractivity contribution is 0.346. The van der Waals surface area contributed by atoms with Crippen molar-refractivity contribution in [3.05, 3.63) is 60.2 Å². The van der Waals surface area contributed by atoms with Crippen LogP contribution >= 0.6 is 0 Å². The van der Waals surface area contributed by atoms with Crippen molar-refractivity contribution in [3.8, 4) is 17.0 Å². The predicted molar refractivity (Wildman–Crippen MR) is 134 cm³/mol. The van der Waals surface area contributed by atoms with E-state index in [1.807, 2.05) is 30.3 Å². The van der Waals surface area contributed by atoms with Crippen LogP contribution in [0.4, 0.5) is 17.2 Å². The maximum Gasteiger partial charge on any atom is 0.243 e. The summed E-state index contributed by atoms with van der Waals surface area (Å²) in [5, 5.41) is 6.57. The Balaban J connectivity index is 1.46. The van der Waals surface area contributed by atoms with Gasteiger partial charge < -0.3 is 15.4 Å². The van der Waals surface area contributed by atoms with E-state index in [0.717, 1.165) is 53.2 Å². The van der Waals surface area contributed by atoms with E-state index in [1.54, 1.807) is 42.0 Å². The van der Waals surface area contributed by atoms with Gasteiger partial charge in [0.2, 0.25) is 10.0 Å². The van der Waals surface area contributed by atoms with Crippen molar-refractivity contribution >= 4 is 33.6 Å². The molecule has 2 N–H and O–H groups in total. The average Bonchev–Trinajstić information content (AvgIpc) is 2.89. The fourth-order valence-corrected chi connectivity index (χ4v) is 5.83. The summed E-state index contributed by atoms with van der Waals surface area (Å²) in [6.45, 7) is 1.66. The normalized spacial score (nSPS) is 15.9. The molecule has 2 aliphatic rings. The fraction of sp³-hybridized carbons (Fsp3) is 0.280. The highest BCUT2D eigenvalue weighted by Gasteiger charge is 2.26. The number of anilines is 3. The number of nitrogens with one attached hydrogen (secondary N) is 2. The highest BCUT2D eigenvalue weighted by molar-refractivity contribution is 7.89. The molecule has 2 aromatic carbocycles. The smallest absolute Gasteiger partial charge is 0.243 e. The number of hydrogen-bond donors (Lipinski definition) is 2. The average molecular weight is 478 g/mol. The number of sulfonamides is 1. The van der Waals surface area contributed by atoms with Crippen LogP contribution in [0.1, 0.15) is 24.8 Å². The Labute approximate surface area is 199 Å². The second-order valence-corrected chi connectivity index (χ2v) is 10.2. The van der Waals surface area contributed by atoms with E-state index in [0.29, 0.717) is 30.3 Å². The number of ether oxygens (including phenoxy) is 1. The molecule has 3 heterocycles. The van der Waals surface area contributed by atoms with Crippen molar-refractivity contribution in [2.24, 2.45) is 4.99 Å². The quantitative estimate of drug-likeness (QED) is 0.537. The summed E-state index contributed by atoms with van der Waals surface area (Å²) in [5.74, 6) is 1.40. The van der Waals surface area contributed by atoms with E-state index in [1.165, 1.54) is 0 Å². The highest BCUT2D eigenvalue weighted by Crippen LogP contribution is 2.36. The Kier molecular flexibility index (Phi) is 6.21. The zero-order chi connectivity index (χ0) is 23.5. The number of benzene rings is 2. The zero-order valence-corrected chi connectivity index (χ0v) is 19.8. The molecule has 1 saturated heterocycles. The lowest BCUT2D eigenvalue weighted by atomic mass is 10.1. The minimum Gasteiger partial charge on any atom is -0.496 e. The van der Waals surface area contributed by atoms with Crippen molar-refractivity contribution in [2.75, 3.05) is 30.8 Å². The molecular weight excluding hydrogens is 450 g/mol. The van der Waals surface area contributed by atoms with Gasteiger partial charge >= 0.3 is 0 Å². The highest BCUT2D eigenvalue weighted by atomic mass is 32.2. The summed E-state index contributed by atoms with van der Waals surface area (Å²) in [7, 11) is -1.83. The van der Waals surface area contributed by atoms with Gasteiger partial charge in [-0.25, -0.2) is 13.4 Å². The number of piperidine rings is 1. The molecule has 0 radical (unpaired) electrons. The Morgan fingerprint density at radius 1 is 1.03 bits per heavy atom. The molecule has 5 rings (SSSR count). The van der Waals surface area contributed by atoms with Crippen LogP contribution in [-0.2, 0) is 16.6 Å². The molecule has 1 fully saturated rings. The third-order valence-electron chi connectivity index (χ3n) is 6.14. The van der Waals surface area contributed by atoms with Crippen LogP contribution in [0.2, 0.25) is 0 Å². The number of aromatic nitrogens is 1. The topological polar surface area (TPSA) is 95.9 Å². The van der Waals surface area contributed by atoms with E-state index >= 15 is 0 Å². The number of hydrogen-bond acceptors (Lipinski definition) is 7. The van der Waals surface area contributed by atoms with Gasteiger partial charge in [0.25, 0.3) is 0 Å². The molecular formula is C25H27N5O3S. The van der Waals surface area contributed by atoms with Crippen molar-refractivity contribution < 1.29 is 13.2 Å². The Morgan fingerprint density at radius 2 is 1.79 bits per heavy atom. The predicted octanol–water partition coefficient (Wildman–Crippen LogP) is 4.63. The minimum atomic E-state index is -3.47. The lowest BCUT2D eigenvalue weighted by Crippen LogP contribution is -2.35. The van der Waals surface area contributed by atoms with Gasteiger partial charge in [0.05, 0.1) is 36.3 Å². The van der Waals surface area contributed by atoms with Crippen molar-refractivity contribution in [1.82, 2.24) is 9.29 Å². The van der Waals surface area contributed by atoms with Gasteiger partial charge in [-0.1, -0.05) is 18.6 Å². The molecule has 9 heteroatoms. The number of methoxy groups -OCH3 is 1. The van der Waals surface area contributed by atoms with E-state index in [9.17, 15) is 8.42 Å². The third kappa shape index (κ3) is 4.36. The van der Waals surface area contributed by atoms with E-state index in [2.05, 4.69) is 15.6 Å². The van der Waals surface area contributed by atoms with Crippen LogP contribution < -0.4 is 15.4 Å². The Morgan fingerprint density at radius 3 is 2.56 bits per heavy atom. The monoisotopic (exact) mass is 477 g/mol. The first-order chi connectivity index (χ1) is 16.6. The Hall–Kier alpha value is -3.43. The molecule has 0 spiro atoms. The van der Waals surface area contributed by atoms with Crippen LogP contribution in [0, 0.1) is 0 Å². The number of nitrogens with zero attached hydrogens (tertiary/aromatic N) is 3. The largest absolute Gasteiger partial charge is 0.496 e. The molecule has 0 saturated carbocycles. The standard InChI is InChI=1S/C25H27N5O3S/c1-33-24-8-4-3-7-20(24)23-15-22-21(16-26-17-27-22)25(29-23)28-18-9-11-19(12-10-18)34(31,32)30-13-5-2-6-14-30/h3-4,7-12,15,17H,2,5-6,13-14,16H2,1H3,(H,26,27)(H,28,29). The molecule has 3 aromatic rings. The van der Waals surface area contributed by atoms with Crippen LogP contribution in [-0.4, -0.2) is 44.2 Å².